The summed E-state index contributed by atoms with van der Waals surface area (Å²) in [5.74, 6) is -0.259. The largest absolute Gasteiger partial charge is 0.289 e. The van der Waals surface area contributed by atoms with E-state index in [0.29, 0.717) is 26.9 Å². The van der Waals surface area contributed by atoms with Gasteiger partial charge in [-0.15, -0.1) is 0 Å². The third kappa shape index (κ3) is 4.84. The monoisotopic (exact) mass is 383 g/mol. The number of anilines is 1. The molecule has 0 radical (unpaired) electrons. The third-order valence-corrected chi connectivity index (χ3v) is 5.19. The van der Waals surface area contributed by atoms with Crippen molar-refractivity contribution < 1.29 is 13.2 Å². The first-order valence-corrected chi connectivity index (χ1v) is 9.50. The van der Waals surface area contributed by atoms with Crippen LogP contribution in [0.15, 0.2) is 48.5 Å². The van der Waals surface area contributed by atoms with Gasteiger partial charge in [-0.25, -0.2) is 8.42 Å². The minimum absolute atomic E-state index is 0.0188. The van der Waals surface area contributed by atoms with Crippen LogP contribution in [0.4, 0.5) is 5.69 Å². The van der Waals surface area contributed by atoms with E-state index in [2.05, 4.69) is 4.72 Å². The molecule has 0 unspecified atom stereocenters. The van der Waals surface area contributed by atoms with Crippen LogP contribution in [0.2, 0.25) is 10.0 Å². The molecule has 0 atom stereocenters. The number of carbonyl (C=O) groups is 1. The summed E-state index contributed by atoms with van der Waals surface area (Å²) in [5.41, 5.74) is 1.40. The van der Waals surface area contributed by atoms with Crippen molar-refractivity contribution >= 4 is 50.8 Å². The van der Waals surface area contributed by atoms with Crippen LogP contribution in [0.3, 0.4) is 0 Å². The van der Waals surface area contributed by atoms with Gasteiger partial charge in [0.05, 0.1) is 5.75 Å². The number of hydrogen-bond acceptors (Lipinski definition) is 3. The Labute approximate surface area is 151 Å². The molecule has 1 N–H and O–H groups in total. The summed E-state index contributed by atoms with van der Waals surface area (Å²) >= 11 is 12.1. The van der Waals surface area contributed by atoms with Gasteiger partial charge in [-0.3, -0.25) is 9.52 Å². The third-order valence-electron chi connectivity index (χ3n) is 3.22. The number of ketones is 1. The molecule has 24 heavy (non-hydrogen) atoms. The molecule has 4 nitrogen and oxygen atoms in total. The SMILES string of the molecule is CCS(=O)(=O)Nc1ccc(C(=O)/C=C/c2c(Cl)cccc2Cl)cc1. The topological polar surface area (TPSA) is 63.2 Å². The second kappa shape index (κ2) is 7.83. The van der Waals surface area contributed by atoms with Crippen molar-refractivity contribution in [2.75, 3.05) is 10.5 Å². The van der Waals surface area contributed by atoms with Crippen molar-refractivity contribution in [3.8, 4) is 0 Å². The smallest absolute Gasteiger partial charge is 0.232 e. The van der Waals surface area contributed by atoms with Crippen LogP contribution in [0.25, 0.3) is 6.08 Å². The van der Waals surface area contributed by atoms with Crippen molar-refractivity contribution in [1.82, 2.24) is 0 Å². The average Bonchev–Trinajstić information content (AvgIpc) is 2.54. The highest BCUT2D eigenvalue weighted by atomic mass is 35.5. The van der Waals surface area contributed by atoms with Gasteiger partial charge in [-0.2, -0.15) is 0 Å². The summed E-state index contributed by atoms with van der Waals surface area (Å²) in [5, 5.41) is 0.909. The molecule has 2 aromatic rings. The number of benzene rings is 2. The summed E-state index contributed by atoms with van der Waals surface area (Å²) in [4.78, 5) is 12.2. The van der Waals surface area contributed by atoms with E-state index >= 15 is 0 Å². The number of carbonyl (C=O) groups excluding carboxylic acids is 1. The average molecular weight is 384 g/mol. The van der Waals surface area contributed by atoms with Crippen LogP contribution >= 0.6 is 23.2 Å². The highest BCUT2D eigenvalue weighted by molar-refractivity contribution is 7.92. The molecule has 0 spiro atoms. The fraction of sp³-hybridized carbons (Fsp3) is 0.118. The van der Waals surface area contributed by atoms with Crippen molar-refractivity contribution in [2.24, 2.45) is 0 Å². The fourth-order valence-electron chi connectivity index (χ4n) is 1.88. The number of rotatable bonds is 6. The lowest BCUT2D eigenvalue weighted by molar-refractivity contribution is 0.104. The summed E-state index contributed by atoms with van der Waals surface area (Å²) in [6.45, 7) is 1.55. The normalized spacial score (nSPS) is 11.6. The maximum Gasteiger partial charge on any atom is 0.232 e. The van der Waals surface area contributed by atoms with Gasteiger partial charge in [0.2, 0.25) is 10.0 Å². The van der Waals surface area contributed by atoms with Crippen LogP contribution in [0.5, 0.6) is 0 Å². The molecule has 7 heteroatoms. The van der Waals surface area contributed by atoms with Gasteiger partial charge in [0.1, 0.15) is 0 Å². The predicted octanol–water partition coefficient (Wildman–Crippen LogP) is 4.65. The highest BCUT2D eigenvalue weighted by Crippen LogP contribution is 2.25. The molecule has 0 aliphatic carbocycles. The highest BCUT2D eigenvalue weighted by Gasteiger charge is 2.08. The number of halogens is 2. The van der Waals surface area contributed by atoms with Crippen LogP contribution in [0, 0.1) is 0 Å². The molecule has 0 saturated carbocycles. The standard InChI is InChI=1S/C17H15Cl2NO3S/c1-2-24(22,23)20-13-8-6-12(7-9-13)17(21)11-10-14-15(18)4-3-5-16(14)19/h3-11,20H,2H2,1H3/b11-10+. The lowest BCUT2D eigenvalue weighted by Gasteiger charge is -2.06. The predicted molar refractivity (Wildman–Crippen MR) is 99.4 cm³/mol. The Hall–Kier alpha value is -1.82. The van der Waals surface area contributed by atoms with E-state index in [1.807, 2.05) is 0 Å². The van der Waals surface area contributed by atoms with Gasteiger partial charge in [-0.1, -0.05) is 29.3 Å². The molecule has 0 bridgehead atoms. The maximum atomic E-state index is 12.2. The minimum atomic E-state index is -3.34. The first kappa shape index (κ1) is 18.5. The van der Waals surface area contributed by atoms with Gasteiger partial charge in [0, 0.05) is 26.9 Å². The number of hydrogen-bond donors (Lipinski definition) is 1. The van der Waals surface area contributed by atoms with Crippen LogP contribution < -0.4 is 4.72 Å². The van der Waals surface area contributed by atoms with Crippen molar-refractivity contribution in [2.45, 2.75) is 6.92 Å². The van der Waals surface area contributed by atoms with Crippen molar-refractivity contribution in [3.63, 3.8) is 0 Å². The Morgan fingerprint density at radius 3 is 2.21 bits per heavy atom. The second-order valence-corrected chi connectivity index (χ2v) is 7.74. The summed E-state index contributed by atoms with van der Waals surface area (Å²) in [7, 11) is -3.34. The van der Waals surface area contributed by atoms with E-state index in [1.165, 1.54) is 18.2 Å². The van der Waals surface area contributed by atoms with Gasteiger partial charge in [0.25, 0.3) is 0 Å². The van der Waals surface area contributed by atoms with Gasteiger partial charge >= 0.3 is 0 Å². The van der Waals surface area contributed by atoms with Crippen molar-refractivity contribution in [3.05, 3.63) is 69.7 Å². The molecule has 0 heterocycles. The molecular formula is C17H15Cl2NO3S. The molecule has 2 rings (SSSR count). The summed E-state index contributed by atoms with van der Waals surface area (Å²) < 4.78 is 25.4. The number of sulfonamides is 1. The number of nitrogens with one attached hydrogen (secondary N) is 1. The van der Waals surface area contributed by atoms with E-state index in [9.17, 15) is 13.2 Å². The first-order chi connectivity index (χ1) is 11.3. The molecule has 0 aromatic heterocycles. The van der Waals surface area contributed by atoms with Crippen LogP contribution in [0.1, 0.15) is 22.8 Å². The Kier molecular flexibility index (Phi) is 6.04. The zero-order chi connectivity index (χ0) is 17.7. The Morgan fingerprint density at radius 1 is 1.08 bits per heavy atom. The molecule has 0 aliphatic heterocycles. The summed E-state index contributed by atoms with van der Waals surface area (Å²) in [6, 6.07) is 11.3. The second-order valence-electron chi connectivity index (χ2n) is 4.92. The molecule has 0 fully saturated rings. The molecule has 2 aromatic carbocycles. The lowest BCUT2D eigenvalue weighted by atomic mass is 10.1. The van der Waals surface area contributed by atoms with Crippen LogP contribution in [-0.2, 0) is 10.0 Å². The molecular weight excluding hydrogens is 369 g/mol. The fourth-order valence-corrected chi connectivity index (χ4v) is 3.04. The maximum absolute atomic E-state index is 12.2. The van der Waals surface area contributed by atoms with Crippen LogP contribution in [-0.4, -0.2) is 20.0 Å². The Balaban J connectivity index is 2.15. The quantitative estimate of drug-likeness (QED) is 0.583. The zero-order valence-electron chi connectivity index (χ0n) is 12.8. The summed E-state index contributed by atoms with van der Waals surface area (Å²) in [6.07, 6.45) is 2.93. The molecule has 126 valence electrons. The minimum Gasteiger partial charge on any atom is -0.289 e. The first-order valence-electron chi connectivity index (χ1n) is 7.09. The van der Waals surface area contributed by atoms with E-state index in [4.69, 9.17) is 23.2 Å². The van der Waals surface area contributed by atoms with Gasteiger partial charge in [-0.05, 0) is 55.5 Å². The van der Waals surface area contributed by atoms with E-state index in [1.54, 1.807) is 43.3 Å². The van der Waals surface area contributed by atoms with E-state index in [-0.39, 0.29) is 11.5 Å². The van der Waals surface area contributed by atoms with Gasteiger partial charge in [0.15, 0.2) is 5.78 Å². The zero-order valence-corrected chi connectivity index (χ0v) is 15.1. The molecule has 0 amide bonds. The van der Waals surface area contributed by atoms with Crippen molar-refractivity contribution in [1.29, 1.82) is 0 Å². The lowest BCUT2D eigenvalue weighted by Crippen LogP contribution is -2.14. The van der Waals surface area contributed by atoms with E-state index < -0.39 is 10.0 Å². The Bertz CT molecular complexity index is 855. The number of allylic oxidation sites excluding steroid dienone is 1. The van der Waals surface area contributed by atoms with Gasteiger partial charge < -0.3 is 0 Å². The Morgan fingerprint density at radius 2 is 1.67 bits per heavy atom. The molecule has 0 aliphatic rings. The molecule has 0 saturated heterocycles. The van der Waals surface area contributed by atoms with E-state index in [0.717, 1.165) is 0 Å².